The summed E-state index contributed by atoms with van der Waals surface area (Å²) in [7, 11) is 0. The topological polar surface area (TPSA) is 32.3 Å². The molecule has 0 saturated heterocycles. The number of hydrogen-bond donors (Lipinski definition) is 1. The number of thiophene rings is 1. The molecule has 1 aliphatic rings. The molecule has 0 fully saturated rings. The van der Waals surface area contributed by atoms with Crippen molar-refractivity contribution in [3.8, 4) is 0 Å². The molecular weight excluding hydrogens is 244 g/mol. The molecule has 2 heterocycles. The number of nitrogens with one attached hydrogen (secondary N) is 1. The summed E-state index contributed by atoms with van der Waals surface area (Å²) in [4.78, 5) is 13.9. The summed E-state index contributed by atoms with van der Waals surface area (Å²) in [5, 5.41) is 7.04. The number of urea groups is 1. The first-order chi connectivity index (χ1) is 8.84. The first-order valence-electron chi connectivity index (χ1n) is 5.99. The van der Waals surface area contributed by atoms with Crippen molar-refractivity contribution in [3.05, 3.63) is 52.2 Å². The number of anilines is 1. The van der Waals surface area contributed by atoms with E-state index in [0.717, 1.165) is 24.2 Å². The smallest absolute Gasteiger partial charge is 0.322 e. The van der Waals surface area contributed by atoms with Crippen LogP contribution in [0.25, 0.3) is 0 Å². The molecule has 0 saturated carbocycles. The zero-order valence-electron chi connectivity index (χ0n) is 9.93. The van der Waals surface area contributed by atoms with E-state index in [2.05, 4.69) is 16.8 Å². The van der Waals surface area contributed by atoms with Crippen LogP contribution in [0.3, 0.4) is 0 Å². The average molecular weight is 258 g/mol. The van der Waals surface area contributed by atoms with Gasteiger partial charge in [0.1, 0.15) is 0 Å². The monoisotopic (exact) mass is 258 g/mol. The third-order valence-electron chi connectivity index (χ3n) is 3.16. The van der Waals surface area contributed by atoms with Crippen LogP contribution in [-0.4, -0.2) is 12.6 Å². The Hall–Kier alpha value is -1.81. The van der Waals surface area contributed by atoms with E-state index in [1.54, 1.807) is 11.3 Å². The van der Waals surface area contributed by atoms with Crippen molar-refractivity contribution in [2.45, 2.75) is 13.0 Å². The third-order valence-corrected chi connectivity index (χ3v) is 3.89. The lowest BCUT2D eigenvalue weighted by Crippen LogP contribution is -2.38. The maximum atomic E-state index is 12.1. The summed E-state index contributed by atoms with van der Waals surface area (Å²) in [6.07, 6.45) is 0.946. The van der Waals surface area contributed by atoms with Crippen LogP contribution in [0.5, 0.6) is 0 Å². The Kier molecular flexibility index (Phi) is 3.02. The normalized spacial score (nSPS) is 13.4. The van der Waals surface area contributed by atoms with Gasteiger partial charge in [-0.25, -0.2) is 4.79 Å². The number of nitrogens with zero attached hydrogens (tertiary/aromatic N) is 1. The van der Waals surface area contributed by atoms with Crippen LogP contribution in [0.4, 0.5) is 10.5 Å². The van der Waals surface area contributed by atoms with E-state index in [1.807, 2.05) is 34.5 Å². The molecule has 0 aliphatic carbocycles. The van der Waals surface area contributed by atoms with Gasteiger partial charge in [-0.2, -0.15) is 11.3 Å². The van der Waals surface area contributed by atoms with E-state index < -0.39 is 0 Å². The molecule has 92 valence electrons. The lowest BCUT2D eigenvalue weighted by Gasteiger charge is -2.17. The molecule has 0 radical (unpaired) electrons. The van der Waals surface area contributed by atoms with Gasteiger partial charge in [-0.1, -0.05) is 18.2 Å². The van der Waals surface area contributed by atoms with Crippen LogP contribution < -0.4 is 10.2 Å². The van der Waals surface area contributed by atoms with Gasteiger partial charge >= 0.3 is 6.03 Å². The molecule has 18 heavy (non-hydrogen) atoms. The number of amides is 2. The Morgan fingerprint density at radius 3 is 3.06 bits per heavy atom. The fourth-order valence-electron chi connectivity index (χ4n) is 2.22. The van der Waals surface area contributed by atoms with E-state index in [4.69, 9.17) is 0 Å². The van der Waals surface area contributed by atoms with Crippen LogP contribution in [0, 0.1) is 0 Å². The summed E-state index contributed by atoms with van der Waals surface area (Å²) < 4.78 is 0. The number of hydrogen-bond acceptors (Lipinski definition) is 2. The van der Waals surface area contributed by atoms with Gasteiger partial charge < -0.3 is 5.32 Å². The lowest BCUT2D eigenvalue weighted by molar-refractivity contribution is 0.246. The number of fused-ring (bicyclic) bond motifs is 1. The van der Waals surface area contributed by atoms with Gasteiger partial charge in [0.2, 0.25) is 0 Å². The number of rotatable bonds is 2. The molecule has 0 bridgehead atoms. The minimum absolute atomic E-state index is 0.00819. The molecule has 0 unspecified atom stereocenters. The van der Waals surface area contributed by atoms with Gasteiger partial charge in [-0.05, 0) is 40.4 Å². The molecule has 3 nitrogen and oxygen atoms in total. The van der Waals surface area contributed by atoms with Crippen molar-refractivity contribution in [1.29, 1.82) is 0 Å². The van der Waals surface area contributed by atoms with E-state index >= 15 is 0 Å². The third kappa shape index (κ3) is 2.11. The maximum Gasteiger partial charge on any atom is 0.322 e. The predicted octanol–water partition coefficient (Wildman–Crippen LogP) is 3.02. The van der Waals surface area contributed by atoms with Gasteiger partial charge in [0.15, 0.2) is 0 Å². The lowest BCUT2D eigenvalue weighted by atomic mass is 10.2. The Bertz CT molecular complexity index is 551. The standard InChI is InChI=1S/C14H14N2OS/c17-14(15-9-11-6-8-18-10-11)16-7-5-12-3-1-2-4-13(12)16/h1-4,6,8,10H,5,7,9H2,(H,15,17). The summed E-state index contributed by atoms with van der Waals surface area (Å²) in [6.45, 7) is 1.37. The van der Waals surface area contributed by atoms with Gasteiger partial charge in [-0.3, -0.25) is 4.90 Å². The van der Waals surface area contributed by atoms with Crippen LogP contribution in [0.15, 0.2) is 41.1 Å². The second-order valence-corrected chi connectivity index (χ2v) is 5.10. The van der Waals surface area contributed by atoms with Crippen LogP contribution in [0.2, 0.25) is 0 Å². The molecule has 2 aromatic rings. The largest absolute Gasteiger partial charge is 0.334 e. The van der Waals surface area contributed by atoms with Crippen molar-refractivity contribution in [2.24, 2.45) is 0 Å². The summed E-state index contributed by atoms with van der Waals surface area (Å²) in [6, 6.07) is 10.1. The minimum atomic E-state index is -0.00819. The Labute approximate surface area is 110 Å². The highest BCUT2D eigenvalue weighted by atomic mass is 32.1. The number of carbonyl (C=O) groups is 1. The second-order valence-electron chi connectivity index (χ2n) is 4.32. The summed E-state index contributed by atoms with van der Waals surface area (Å²) in [5.74, 6) is 0. The molecule has 1 aliphatic heterocycles. The first kappa shape index (κ1) is 11.3. The van der Waals surface area contributed by atoms with Crippen molar-refractivity contribution in [1.82, 2.24) is 5.32 Å². The molecule has 2 amide bonds. The zero-order chi connectivity index (χ0) is 12.4. The Balaban J connectivity index is 1.67. The number of para-hydroxylation sites is 1. The van der Waals surface area contributed by atoms with Crippen molar-refractivity contribution in [2.75, 3.05) is 11.4 Å². The molecule has 0 spiro atoms. The number of carbonyl (C=O) groups excluding carboxylic acids is 1. The molecule has 1 aromatic heterocycles. The van der Waals surface area contributed by atoms with E-state index in [9.17, 15) is 4.79 Å². The fraction of sp³-hybridized carbons (Fsp3) is 0.214. The van der Waals surface area contributed by atoms with Gasteiger partial charge in [0.25, 0.3) is 0 Å². The van der Waals surface area contributed by atoms with E-state index in [1.165, 1.54) is 5.56 Å². The van der Waals surface area contributed by atoms with Crippen LogP contribution >= 0.6 is 11.3 Å². The highest BCUT2D eigenvalue weighted by Crippen LogP contribution is 2.27. The number of benzene rings is 1. The summed E-state index contributed by atoms with van der Waals surface area (Å²) in [5.41, 5.74) is 3.45. The first-order valence-corrected chi connectivity index (χ1v) is 6.93. The molecule has 4 heteroatoms. The molecule has 1 N–H and O–H groups in total. The Morgan fingerprint density at radius 2 is 2.22 bits per heavy atom. The second kappa shape index (κ2) is 4.82. The van der Waals surface area contributed by atoms with Crippen molar-refractivity contribution in [3.63, 3.8) is 0 Å². The zero-order valence-corrected chi connectivity index (χ0v) is 10.7. The summed E-state index contributed by atoms with van der Waals surface area (Å²) >= 11 is 1.65. The van der Waals surface area contributed by atoms with Crippen LogP contribution in [-0.2, 0) is 13.0 Å². The van der Waals surface area contributed by atoms with Gasteiger partial charge in [-0.15, -0.1) is 0 Å². The highest BCUT2D eigenvalue weighted by Gasteiger charge is 2.23. The van der Waals surface area contributed by atoms with Crippen LogP contribution in [0.1, 0.15) is 11.1 Å². The quantitative estimate of drug-likeness (QED) is 0.882. The predicted molar refractivity (Wildman–Crippen MR) is 74.0 cm³/mol. The van der Waals surface area contributed by atoms with E-state index in [0.29, 0.717) is 6.54 Å². The molecule has 1 aromatic carbocycles. The maximum absolute atomic E-state index is 12.1. The highest BCUT2D eigenvalue weighted by molar-refractivity contribution is 7.07. The van der Waals surface area contributed by atoms with E-state index in [-0.39, 0.29) is 6.03 Å². The fourth-order valence-corrected chi connectivity index (χ4v) is 2.88. The van der Waals surface area contributed by atoms with Gasteiger partial charge in [0.05, 0.1) is 0 Å². The molecular formula is C14H14N2OS. The minimum Gasteiger partial charge on any atom is -0.334 e. The van der Waals surface area contributed by atoms with Crippen molar-refractivity contribution >= 4 is 23.1 Å². The molecule has 3 rings (SSSR count). The Morgan fingerprint density at radius 1 is 1.33 bits per heavy atom. The molecule has 0 atom stereocenters. The average Bonchev–Trinajstić information content (AvgIpc) is 3.05. The SMILES string of the molecule is O=C(NCc1ccsc1)N1CCc2ccccc21. The van der Waals surface area contributed by atoms with Crippen molar-refractivity contribution < 1.29 is 4.79 Å². The van der Waals surface area contributed by atoms with Gasteiger partial charge in [0, 0.05) is 18.8 Å².